The Kier molecular flexibility index (Phi) is 5.49. The van der Waals surface area contributed by atoms with Crippen molar-refractivity contribution in [1.82, 2.24) is 14.7 Å². The lowest BCUT2D eigenvalue weighted by atomic mass is 10.2. The summed E-state index contributed by atoms with van der Waals surface area (Å²) in [6, 6.07) is 5.44. The fourth-order valence-electron chi connectivity index (χ4n) is 2.80. The van der Waals surface area contributed by atoms with E-state index < -0.39 is 15.8 Å². The van der Waals surface area contributed by atoms with Gasteiger partial charge in [-0.3, -0.25) is 0 Å². The predicted molar refractivity (Wildman–Crippen MR) is 95.0 cm³/mol. The minimum atomic E-state index is -3.79. The Bertz CT molecular complexity index is 899. The summed E-state index contributed by atoms with van der Waals surface area (Å²) >= 11 is 0. The third-order valence-electron chi connectivity index (χ3n) is 4.07. The average Bonchev–Trinajstić information content (AvgIpc) is 2.60. The van der Waals surface area contributed by atoms with Crippen molar-refractivity contribution < 1.29 is 17.5 Å². The number of aromatic nitrogens is 2. The second kappa shape index (κ2) is 7.65. The summed E-state index contributed by atoms with van der Waals surface area (Å²) < 4.78 is 46.0. The fraction of sp³-hybridized carbons (Fsp3) is 0.412. The summed E-state index contributed by atoms with van der Waals surface area (Å²) in [5, 5.41) is 0. The van der Waals surface area contributed by atoms with Crippen LogP contribution in [0.5, 0.6) is 0 Å². The first kappa shape index (κ1) is 18.7. The Morgan fingerprint density at radius 3 is 2.62 bits per heavy atom. The SMILES string of the molecule is Cc1cc(N2CCOCC2)nc(CNS(=O)(=O)c2ccc(F)cc2C)n1. The Morgan fingerprint density at radius 1 is 1.19 bits per heavy atom. The van der Waals surface area contributed by atoms with Crippen LogP contribution in [0.4, 0.5) is 10.2 Å². The first-order valence-electron chi connectivity index (χ1n) is 8.28. The number of aryl methyl sites for hydroxylation is 2. The highest BCUT2D eigenvalue weighted by Crippen LogP contribution is 2.17. The van der Waals surface area contributed by atoms with Crippen LogP contribution in [-0.2, 0) is 21.3 Å². The fourth-order valence-corrected chi connectivity index (χ4v) is 4.00. The molecule has 1 aliphatic rings. The van der Waals surface area contributed by atoms with E-state index in [2.05, 4.69) is 19.6 Å². The maximum absolute atomic E-state index is 13.2. The van der Waals surface area contributed by atoms with E-state index in [1.165, 1.54) is 12.1 Å². The van der Waals surface area contributed by atoms with Gasteiger partial charge < -0.3 is 9.64 Å². The van der Waals surface area contributed by atoms with Gasteiger partial charge in [0.1, 0.15) is 17.5 Å². The summed E-state index contributed by atoms with van der Waals surface area (Å²) in [7, 11) is -3.79. The third-order valence-corrected chi connectivity index (χ3v) is 5.63. The summed E-state index contributed by atoms with van der Waals surface area (Å²) in [6.07, 6.45) is 0. The van der Waals surface area contributed by atoms with Crippen molar-refractivity contribution >= 4 is 15.8 Å². The number of nitrogens with one attached hydrogen (secondary N) is 1. The average molecular weight is 380 g/mol. The molecule has 1 aromatic carbocycles. The normalized spacial score (nSPS) is 15.3. The quantitative estimate of drug-likeness (QED) is 0.847. The van der Waals surface area contributed by atoms with E-state index in [0.717, 1.165) is 30.7 Å². The zero-order valence-electron chi connectivity index (χ0n) is 14.7. The molecule has 1 N–H and O–H groups in total. The van der Waals surface area contributed by atoms with Crippen molar-refractivity contribution in [1.29, 1.82) is 0 Å². The minimum Gasteiger partial charge on any atom is -0.378 e. The van der Waals surface area contributed by atoms with Crippen LogP contribution in [0.1, 0.15) is 17.1 Å². The van der Waals surface area contributed by atoms with E-state index in [0.29, 0.717) is 24.6 Å². The molecule has 1 saturated heterocycles. The zero-order valence-corrected chi connectivity index (χ0v) is 15.5. The highest BCUT2D eigenvalue weighted by Gasteiger charge is 2.19. The van der Waals surface area contributed by atoms with Gasteiger partial charge in [-0.05, 0) is 37.6 Å². The molecule has 2 aromatic rings. The predicted octanol–water partition coefficient (Wildman–Crippen LogP) is 1.55. The maximum Gasteiger partial charge on any atom is 0.241 e. The van der Waals surface area contributed by atoms with Gasteiger partial charge in [0.15, 0.2) is 0 Å². The Hall–Kier alpha value is -2.10. The topological polar surface area (TPSA) is 84.4 Å². The number of hydrogen-bond acceptors (Lipinski definition) is 6. The summed E-state index contributed by atoms with van der Waals surface area (Å²) in [6.45, 7) is 6.08. The Morgan fingerprint density at radius 2 is 1.92 bits per heavy atom. The molecule has 0 bridgehead atoms. The minimum absolute atomic E-state index is 0.0416. The van der Waals surface area contributed by atoms with Crippen LogP contribution in [0, 0.1) is 19.7 Å². The number of ether oxygens (including phenoxy) is 1. The van der Waals surface area contributed by atoms with Gasteiger partial charge in [0, 0.05) is 24.8 Å². The molecule has 1 aromatic heterocycles. The van der Waals surface area contributed by atoms with E-state index in [1.54, 1.807) is 6.92 Å². The molecule has 7 nitrogen and oxygen atoms in total. The monoisotopic (exact) mass is 380 g/mol. The zero-order chi connectivity index (χ0) is 18.7. The molecule has 140 valence electrons. The number of anilines is 1. The molecule has 1 fully saturated rings. The Labute approximate surface area is 152 Å². The number of halogens is 1. The number of morpholine rings is 1. The van der Waals surface area contributed by atoms with Gasteiger partial charge in [0.2, 0.25) is 10.0 Å². The smallest absolute Gasteiger partial charge is 0.241 e. The van der Waals surface area contributed by atoms with Crippen LogP contribution in [0.25, 0.3) is 0 Å². The van der Waals surface area contributed by atoms with Gasteiger partial charge in [-0.2, -0.15) is 0 Å². The first-order chi connectivity index (χ1) is 12.3. The van der Waals surface area contributed by atoms with Crippen LogP contribution in [0.2, 0.25) is 0 Å². The lowest BCUT2D eigenvalue weighted by Gasteiger charge is -2.28. The van der Waals surface area contributed by atoms with E-state index in [9.17, 15) is 12.8 Å². The van der Waals surface area contributed by atoms with Crippen LogP contribution in [0.3, 0.4) is 0 Å². The van der Waals surface area contributed by atoms with Crippen molar-refractivity contribution in [3.63, 3.8) is 0 Å². The van der Waals surface area contributed by atoms with Crippen molar-refractivity contribution in [3.8, 4) is 0 Å². The van der Waals surface area contributed by atoms with Crippen molar-refractivity contribution in [2.24, 2.45) is 0 Å². The van der Waals surface area contributed by atoms with E-state index in [-0.39, 0.29) is 11.4 Å². The first-order valence-corrected chi connectivity index (χ1v) is 9.76. The van der Waals surface area contributed by atoms with Crippen LogP contribution >= 0.6 is 0 Å². The van der Waals surface area contributed by atoms with Crippen molar-refractivity contribution in [2.75, 3.05) is 31.2 Å². The molecule has 0 spiro atoms. The maximum atomic E-state index is 13.2. The van der Waals surface area contributed by atoms with Gasteiger partial charge in [-0.25, -0.2) is 27.5 Å². The summed E-state index contributed by atoms with van der Waals surface area (Å²) in [4.78, 5) is 10.9. The largest absolute Gasteiger partial charge is 0.378 e. The van der Waals surface area contributed by atoms with Crippen LogP contribution in [0.15, 0.2) is 29.2 Å². The lowest BCUT2D eigenvalue weighted by Crippen LogP contribution is -2.37. The van der Waals surface area contributed by atoms with Crippen LogP contribution < -0.4 is 9.62 Å². The van der Waals surface area contributed by atoms with E-state index in [4.69, 9.17) is 4.74 Å². The second-order valence-corrected chi connectivity index (χ2v) is 7.85. The highest BCUT2D eigenvalue weighted by atomic mass is 32.2. The van der Waals surface area contributed by atoms with Gasteiger partial charge in [-0.1, -0.05) is 0 Å². The number of nitrogens with zero attached hydrogens (tertiary/aromatic N) is 3. The molecule has 0 amide bonds. The molecule has 0 atom stereocenters. The van der Waals surface area contributed by atoms with E-state index >= 15 is 0 Å². The number of benzene rings is 1. The molecule has 26 heavy (non-hydrogen) atoms. The molecule has 0 saturated carbocycles. The van der Waals surface area contributed by atoms with Gasteiger partial charge in [0.05, 0.1) is 24.7 Å². The molecular weight excluding hydrogens is 359 g/mol. The molecule has 2 heterocycles. The highest BCUT2D eigenvalue weighted by molar-refractivity contribution is 7.89. The molecule has 0 aliphatic carbocycles. The lowest BCUT2D eigenvalue weighted by molar-refractivity contribution is 0.122. The molecule has 3 rings (SSSR count). The molecule has 0 radical (unpaired) electrons. The van der Waals surface area contributed by atoms with Crippen molar-refractivity contribution in [2.45, 2.75) is 25.3 Å². The standard InChI is InChI=1S/C17H21FN4O3S/c1-12-9-14(18)3-4-15(12)26(23,24)19-11-16-20-13(2)10-17(21-16)22-5-7-25-8-6-22/h3-4,9-10,19H,5-8,11H2,1-2H3. The van der Waals surface area contributed by atoms with Crippen LogP contribution in [-0.4, -0.2) is 44.7 Å². The number of sulfonamides is 1. The van der Waals surface area contributed by atoms with Crippen molar-refractivity contribution in [3.05, 3.63) is 47.2 Å². The van der Waals surface area contributed by atoms with E-state index in [1.807, 2.05) is 13.0 Å². The number of hydrogen-bond donors (Lipinski definition) is 1. The molecule has 1 aliphatic heterocycles. The summed E-state index contributed by atoms with van der Waals surface area (Å²) in [5.74, 6) is 0.668. The summed E-state index contributed by atoms with van der Waals surface area (Å²) in [5.41, 5.74) is 1.10. The molecule has 9 heteroatoms. The van der Waals surface area contributed by atoms with Gasteiger partial charge >= 0.3 is 0 Å². The van der Waals surface area contributed by atoms with Gasteiger partial charge in [0.25, 0.3) is 0 Å². The Balaban J connectivity index is 1.77. The second-order valence-electron chi connectivity index (χ2n) is 6.12. The third kappa shape index (κ3) is 4.35. The molecular formula is C17H21FN4O3S. The number of rotatable bonds is 5. The van der Waals surface area contributed by atoms with Gasteiger partial charge in [-0.15, -0.1) is 0 Å². The molecule has 0 unspecified atom stereocenters.